The first-order valence-corrected chi connectivity index (χ1v) is 8.95. The monoisotopic (exact) mass is 335 g/mol. The lowest BCUT2D eigenvalue weighted by Crippen LogP contribution is -2.42. The number of hydrogen-bond donors (Lipinski definition) is 2. The molecule has 0 atom stereocenters. The van der Waals surface area contributed by atoms with E-state index in [1.165, 1.54) is 12.1 Å². The summed E-state index contributed by atoms with van der Waals surface area (Å²) in [5.41, 5.74) is 1.17. The van der Waals surface area contributed by atoms with Gasteiger partial charge in [0.2, 0.25) is 0 Å². The third kappa shape index (κ3) is 6.21. The number of hydrogen-bond acceptors (Lipinski definition) is 3. The van der Waals surface area contributed by atoms with Gasteiger partial charge in [-0.1, -0.05) is 13.8 Å². The van der Waals surface area contributed by atoms with Gasteiger partial charge in [0.1, 0.15) is 5.82 Å². The highest BCUT2D eigenvalue weighted by Gasteiger charge is 2.19. The van der Waals surface area contributed by atoms with Crippen LogP contribution in [0.2, 0.25) is 0 Å². The lowest BCUT2D eigenvalue weighted by atomic mass is 9.96. The molecule has 0 spiro atoms. The van der Waals surface area contributed by atoms with E-state index in [1.54, 1.807) is 13.0 Å². The van der Waals surface area contributed by atoms with Gasteiger partial charge in [-0.25, -0.2) is 4.39 Å². The number of nitrogens with zero attached hydrogens (tertiary/aromatic N) is 1. The molecule has 24 heavy (non-hydrogen) atoms. The predicted molar refractivity (Wildman–Crippen MR) is 95.8 cm³/mol. The summed E-state index contributed by atoms with van der Waals surface area (Å²) >= 11 is 0. The highest BCUT2D eigenvalue weighted by atomic mass is 19.1. The van der Waals surface area contributed by atoms with E-state index in [0.717, 1.165) is 44.6 Å². The molecule has 0 aromatic heterocycles. The molecule has 0 bridgehead atoms. The Kier molecular flexibility index (Phi) is 7.18. The predicted octanol–water partition coefficient (Wildman–Crippen LogP) is 2.57. The van der Waals surface area contributed by atoms with Crippen LogP contribution in [0.1, 0.15) is 42.6 Å². The number of nitrogens with one attached hydrogen (secondary N) is 2. The molecule has 134 valence electrons. The van der Waals surface area contributed by atoms with Crippen LogP contribution in [0.3, 0.4) is 0 Å². The highest BCUT2D eigenvalue weighted by Crippen LogP contribution is 2.16. The molecule has 2 rings (SSSR count). The summed E-state index contributed by atoms with van der Waals surface area (Å²) in [5.74, 6) is -0.0254. The third-order valence-electron chi connectivity index (χ3n) is 4.54. The number of carbonyl (C=O) groups is 1. The maximum absolute atomic E-state index is 13.4. The summed E-state index contributed by atoms with van der Waals surface area (Å²) in [6.45, 7) is 11.1. The molecular weight excluding hydrogens is 305 g/mol. The molecule has 1 fully saturated rings. The summed E-state index contributed by atoms with van der Waals surface area (Å²) in [6.07, 6.45) is 2.20. The van der Waals surface area contributed by atoms with E-state index in [0.29, 0.717) is 24.1 Å². The molecule has 1 saturated heterocycles. The van der Waals surface area contributed by atoms with Gasteiger partial charge in [-0.15, -0.1) is 0 Å². The first-order valence-electron chi connectivity index (χ1n) is 8.95. The number of amides is 1. The largest absolute Gasteiger partial charge is 0.352 e. The summed E-state index contributed by atoms with van der Waals surface area (Å²) in [7, 11) is 0. The maximum atomic E-state index is 13.4. The second kappa shape index (κ2) is 9.14. The molecule has 1 aromatic rings. The van der Waals surface area contributed by atoms with Crippen molar-refractivity contribution < 1.29 is 9.18 Å². The number of piperidine rings is 1. The number of aryl methyl sites for hydroxylation is 1. The van der Waals surface area contributed by atoms with Crippen molar-refractivity contribution in [2.24, 2.45) is 5.92 Å². The molecule has 1 aromatic carbocycles. The summed E-state index contributed by atoms with van der Waals surface area (Å²) in [6, 6.07) is 4.99. The van der Waals surface area contributed by atoms with Crippen LogP contribution < -0.4 is 10.6 Å². The zero-order valence-corrected chi connectivity index (χ0v) is 15.1. The lowest BCUT2D eigenvalue weighted by Gasteiger charge is -2.32. The quantitative estimate of drug-likeness (QED) is 0.805. The van der Waals surface area contributed by atoms with E-state index in [4.69, 9.17) is 0 Å². The van der Waals surface area contributed by atoms with Crippen molar-refractivity contribution in [2.45, 2.75) is 39.7 Å². The van der Waals surface area contributed by atoms with Crippen molar-refractivity contribution in [1.29, 1.82) is 0 Å². The lowest BCUT2D eigenvalue weighted by molar-refractivity contribution is 0.0935. The van der Waals surface area contributed by atoms with E-state index in [2.05, 4.69) is 29.4 Å². The molecule has 0 unspecified atom stereocenters. The van der Waals surface area contributed by atoms with Crippen LogP contribution in [0.5, 0.6) is 0 Å². The highest BCUT2D eigenvalue weighted by molar-refractivity contribution is 5.94. The molecule has 1 aliphatic rings. The molecule has 1 aliphatic heterocycles. The van der Waals surface area contributed by atoms with Crippen LogP contribution in [-0.4, -0.2) is 49.6 Å². The minimum atomic E-state index is -0.358. The topological polar surface area (TPSA) is 44.4 Å². The SMILES string of the molecule is Cc1cc(F)cc(C(=O)NCC2CCN(CCNC(C)C)CC2)c1. The molecule has 2 N–H and O–H groups in total. The van der Waals surface area contributed by atoms with Gasteiger partial charge in [-0.05, 0) is 62.5 Å². The average Bonchev–Trinajstić information content (AvgIpc) is 2.52. The summed E-state index contributed by atoms with van der Waals surface area (Å²) in [5, 5.41) is 6.40. The van der Waals surface area contributed by atoms with Crippen LogP contribution in [0.4, 0.5) is 4.39 Å². The summed E-state index contributed by atoms with van der Waals surface area (Å²) in [4.78, 5) is 14.6. The van der Waals surface area contributed by atoms with Crippen molar-refractivity contribution in [3.05, 3.63) is 35.1 Å². The zero-order valence-electron chi connectivity index (χ0n) is 15.1. The minimum Gasteiger partial charge on any atom is -0.352 e. The maximum Gasteiger partial charge on any atom is 0.251 e. The van der Waals surface area contributed by atoms with Gasteiger partial charge in [0.15, 0.2) is 0 Å². The van der Waals surface area contributed by atoms with Crippen molar-refractivity contribution in [3.63, 3.8) is 0 Å². The molecule has 1 amide bonds. The first-order chi connectivity index (χ1) is 11.4. The van der Waals surface area contributed by atoms with E-state index in [1.807, 2.05) is 0 Å². The van der Waals surface area contributed by atoms with E-state index >= 15 is 0 Å². The van der Waals surface area contributed by atoms with Crippen molar-refractivity contribution in [1.82, 2.24) is 15.5 Å². The van der Waals surface area contributed by atoms with Crippen LogP contribution in [0, 0.1) is 18.7 Å². The minimum absolute atomic E-state index is 0.179. The van der Waals surface area contributed by atoms with Crippen LogP contribution in [0.15, 0.2) is 18.2 Å². The Morgan fingerprint density at radius 2 is 2.00 bits per heavy atom. The van der Waals surface area contributed by atoms with Crippen molar-refractivity contribution in [2.75, 3.05) is 32.7 Å². The zero-order chi connectivity index (χ0) is 17.5. The Labute approximate surface area is 144 Å². The smallest absolute Gasteiger partial charge is 0.251 e. The number of carbonyl (C=O) groups excluding carboxylic acids is 1. The van der Waals surface area contributed by atoms with Gasteiger partial charge >= 0.3 is 0 Å². The molecule has 0 saturated carbocycles. The standard InChI is InChI=1S/C19H30FN3O/c1-14(2)21-6-9-23-7-4-16(5-8-23)13-22-19(24)17-10-15(3)11-18(20)12-17/h10-12,14,16,21H,4-9,13H2,1-3H3,(H,22,24). The molecule has 5 heteroatoms. The normalized spacial score (nSPS) is 16.5. The molecule has 0 radical (unpaired) electrons. The van der Waals surface area contributed by atoms with E-state index in [-0.39, 0.29) is 11.7 Å². The number of likely N-dealkylation sites (tertiary alicyclic amines) is 1. The Bertz CT molecular complexity index is 519. The molecule has 1 heterocycles. The fourth-order valence-electron chi connectivity index (χ4n) is 3.13. The molecule has 0 aliphatic carbocycles. The van der Waals surface area contributed by atoms with Gasteiger partial charge < -0.3 is 15.5 Å². The number of halogens is 1. The van der Waals surface area contributed by atoms with Gasteiger partial charge in [0.25, 0.3) is 5.91 Å². The third-order valence-corrected chi connectivity index (χ3v) is 4.54. The second-order valence-corrected chi connectivity index (χ2v) is 7.12. The van der Waals surface area contributed by atoms with Crippen molar-refractivity contribution >= 4 is 5.91 Å². The van der Waals surface area contributed by atoms with Gasteiger partial charge in [-0.2, -0.15) is 0 Å². The van der Waals surface area contributed by atoms with Crippen molar-refractivity contribution in [3.8, 4) is 0 Å². The van der Waals surface area contributed by atoms with E-state index in [9.17, 15) is 9.18 Å². The fraction of sp³-hybridized carbons (Fsp3) is 0.632. The number of rotatable bonds is 7. The Morgan fingerprint density at radius 3 is 2.62 bits per heavy atom. The van der Waals surface area contributed by atoms with Crippen LogP contribution in [0.25, 0.3) is 0 Å². The van der Waals surface area contributed by atoms with Gasteiger partial charge in [0.05, 0.1) is 0 Å². The average molecular weight is 335 g/mol. The first kappa shape index (κ1) is 18.9. The van der Waals surface area contributed by atoms with E-state index < -0.39 is 0 Å². The van der Waals surface area contributed by atoms with Crippen LogP contribution >= 0.6 is 0 Å². The molecule has 4 nitrogen and oxygen atoms in total. The van der Waals surface area contributed by atoms with Gasteiger partial charge in [-0.3, -0.25) is 4.79 Å². The van der Waals surface area contributed by atoms with Gasteiger partial charge in [0, 0.05) is 31.2 Å². The second-order valence-electron chi connectivity index (χ2n) is 7.12. The molecular formula is C19H30FN3O. The Morgan fingerprint density at radius 1 is 1.29 bits per heavy atom. The Balaban J connectivity index is 1.69. The van der Waals surface area contributed by atoms with Crippen LogP contribution in [-0.2, 0) is 0 Å². The summed E-state index contributed by atoms with van der Waals surface area (Å²) < 4.78 is 13.4. The fourth-order valence-corrected chi connectivity index (χ4v) is 3.13. The number of benzene rings is 1. The Hall–Kier alpha value is -1.46.